The molecule has 0 fully saturated rings. The summed E-state index contributed by atoms with van der Waals surface area (Å²) in [6.45, 7) is 0. The van der Waals surface area contributed by atoms with Crippen LogP contribution in [-0.2, 0) is 0 Å². The van der Waals surface area contributed by atoms with Crippen LogP contribution in [0, 0.1) is 0 Å². The molecular weight excluding hydrogens is 266 g/mol. The smallest absolute Gasteiger partial charge is 0.168 e. The number of ether oxygens (including phenoxy) is 3. The van der Waals surface area contributed by atoms with E-state index in [9.17, 15) is 0 Å². The van der Waals surface area contributed by atoms with Crippen molar-refractivity contribution in [3.05, 3.63) is 36.4 Å². The zero-order valence-electron chi connectivity index (χ0n) is 13.1. The van der Waals surface area contributed by atoms with E-state index in [1.807, 2.05) is 49.3 Å². The molecular formula is C17H21NO3. The van der Waals surface area contributed by atoms with E-state index in [0.717, 1.165) is 22.6 Å². The molecule has 0 aliphatic carbocycles. The summed E-state index contributed by atoms with van der Waals surface area (Å²) in [5.41, 5.74) is 3.00. The number of nitrogens with zero attached hydrogens (tertiary/aromatic N) is 1. The molecule has 0 unspecified atom stereocenters. The third-order valence-electron chi connectivity index (χ3n) is 3.39. The molecule has 0 heterocycles. The molecule has 2 aromatic rings. The first-order valence-corrected chi connectivity index (χ1v) is 6.69. The van der Waals surface area contributed by atoms with Gasteiger partial charge in [0.25, 0.3) is 0 Å². The molecule has 0 radical (unpaired) electrons. The van der Waals surface area contributed by atoms with Crippen molar-refractivity contribution in [2.45, 2.75) is 0 Å². The number of hydrogen-bond donors (Lipinski definition) is 0. The topological polar surface area (TPSA) is 30.9 Å². The molecule has 0 aliphatic heterocycles. The normalized spacial score (nSPS) is 10.1. The van der Waals surface area contributed by atoms with Crippen LogP contribution in [-0.4, -0.2) is 35.4 Å². The second kappa shape index (κ2) is 6.39. The fourth-order valence-electron chi connectivity index (χ4n) is 2.28. The lowest BCUT2D eigenvalue weighted by Gasteiger charge is -2.18. The van der Waals surface area contributed by atoms with Crippen molar-refractivity contribution in [3.8, 4) is 28.4 Å². The monoisotopic (exact) mass is 287 g/mol. The average molecular weight is 287 g/mol. The van der Waals surface area contributed by atoms with Gasteiger partial charge in [-0.2, -0.15) is 0 Å². The number of para-hydroxylation sites is 1. The number of methoxy groups -OCH3 is 3. The van der Waals surface area contributed by atoms with Crippen LogP contribution < -0.4 is 19.1 Å². The Hall–Kier alpha value is -2.36. The minimum absolute atomic E-state index is 0.703. The molecule has 4 nitrogen and oxygen atoms in total. The highest BCUT2D eigenvalue weighted by atomic mass is 16.5. The van der Waals surface area contributed by atoms with Crippen molar-refractivity contribution in [2.24, 2.45) is 0 Å². The molecule has 21 heavy (non-hydrogen) atoms. The van der Waals surface area contributed by atoms with E-state index < -0.39 is 0 Å². The van der Waals surface area contributed by atoms with Gasteiger partial charge in [0, 0.05) is 37.0 Å². The van der Waals surface area contributed by atoms with E-state index in [4.69, 9.17) is 14.2 Å². The summed E-state index contributed by atoms with van der Waals surface area (Å²) >= 11 is 0. The molecule has 0 aliphatic rings. The molecule has 0 N–H and O–H groups in total. The zero-order valence-corrected chi connectivity index (χ0v) is 13.1. The minimum atomic E-state index is 0.703. The fourth-order valence-corrected chi connectivity index (χ4v) is 2.28. The van der Waals surface area contributed by atoms with E-state index >= 15 is 0 Å². The molecule has 0 amide bonds. The molecule has 0 atom stereocenters. The van der Waals surface area contributed by atoms with Crippen molar-refractivity contribution in [2.75, 3.05) is 40.3 Å². The van der Waals surface area contributed by atoms with Crippen molar-refractivity contribution in [3.63, 3.8) is 0 Å². The van der Waals surface area contributed by atoms with Crippen LogP contribution in [0.15, 0.2) is 36.4 Å². The van der Waals surface area contributed by atoms with Crippen LogP contribution in [0.3, 0.4) is 0 Å². The van der Waals surface area contributed by atoms with Crippen LogP contribution in [0.5, 0.6) is 17.2 Å². The van der Waals surface area contributed by atoms with Crippen molar-refractivity contribution >= 4 is 5.69 Å². The van der Waals surface area contributed by atoms with Gasteiger partial charge in [0.15, 0.2) is 11.5 Å². The lowest BCUT2D eigenvalue weighted by atomic mass is 10.0. The first kappa shape index (κ1) is 15.0. The highest BCUT2D eigenvalue weighted by molar-refractivity contribution is 5.80. The Kier molecular flexibility index (Phi) is 4.58. The SMILES string of the molecule is COc1cc(N(C)C)ccc1-c1cccc(OC)c1OC. The van der Waals surface area contributed by atoms with Gasteiger partial charge in [-0.15, -0.1) is 0 Å². The predicted octanol–water partition coefficient (Wildman–Crippen LogP) is 3.45. The van der Waals surface area contributed by atoms with Crippen molar-refractivity contribution < 1.29 is 14.2 Å². The van der Waals surface area contributed by atoms with Crippen LogP contribution in [0.2, 0.25) is 0 Å². The minimum Gasteiger partial charge on any atom is -0.496 e. The largest absolute Gasteiger partial charge is 0.496 e. The summed E-state index contributed by atoms with van der Waals surface area (Å²) in [6, 6.07) is 11.9. The van der Waals surface area contributed by atoms with Crippen LogP contribution >= 0.6 is 0 Å². The van der Waals surface area contributed by atoms with Gasteiger partial charge in [-0.3, -0.25) is 0 Å². The van der Waals surface area contributed by atoms with E-state index in [-0.39, 0.29) is 0 Å². The molecule has 0 bridgehead atoms. The predicted molar refractivity (Wildman–Crippen MR) is 85.9 cm³/mol. The van der Waals surface area contributed by atoms with Gasteiger partial charge in [-0.05, 0) is 18.2 Å². The van der Waals surface area contributed by atoms with Crippen molar-refractivity contribution in [1.82, 2.24) is 0 Å². The Morgan fingerprint density at radius 3 is 2.05 bits per heavy atom. The molecule has 0 spiro atoms. The summed E-state index contributed by atoms with van der Waals surface area (Å²) in [6.07, 6.45) is 0. The maximum absolute atomic E-state index is 5.54. The highest BCUT2D eigenvalue weighted by Crippen LogP contribution is 2.42. The standard InChI is InChI=1S/C17H21NO3/c1-18(2)12-9-10-13(16(11-12)20-4)14-7-6-8-15(19-3)17(14)21-5/h6-11H,1-5H3. The van der Waals surface area contributed by atoms with Gasteiger partial charge in [0.05, 0.1) is 21.3 Å². The van der Waals surface area contributed by atoms with Crippen LogP contribution in [0.4, 0.5) is 5.69 Å². The van der Waals surface area contributed by atoms with E-state index in [1.165, 1.54) is 0 Å². The molecule has 0 saturated heterocycles. The molecule has 0 saturated carbocycles. The zero-order chi connectivity index (χ0) is 15.4. The van der Waals surface area contributed by atoms with E-state index in [1.54, 1.807) is 21.3 Å². The fraction of sp³-hybridized carbons (Fsp3) is 0.294. The van der Waals surface area contributed by atoms with E-state index in [2.05, 4.69) is 6.07 Å². The number of anilines is 1. The van der Waals surface area contributed by atoms with Gasteiger partial charge in [0.1, 0.15) is 5.75 Å². The summed E-state index contributed by atoms with van der Waals surface area (Å²) in [5, 5.41) is 0. The Bertz CT molecular complexity index is 623. The molecule has 2 rings (SSSR count). The summed E-state index contributed by atoms with van der Waals surface area (Å²) in [7, 11) is 8.95. The first-order chi connectivity index (χ1) is 10.1. The summed E-state index contributed by atoms with van der Waals surface area (Å²) < 4.78 is 16.4. The number of benzene rings is 2. The highest BCUT2D eigenvalue weighted by Gasteiger charge is 2.15. The third-order valence-corrected chi connectivity index (χ3v) is 3.39. The lowest BCUT2D eigenvalue weighted by molar-refractivity contribution is 0.356. The average Bonchev–Trinajstić information content (AvgIpc) is 2.53. The molecule has 4 heteroatoms. The molecule has 112 valence electrons. The summed E-state index contributed by atoms with van der Waals surface area (Å²) in [5.74, 6) is 2.21. The van der Waals surface area contributed by atoms with Crippen LogP contribution in [0.25, 0.3) is 11.1 Å². The van der Waals surface area contributed by atoms with Gasteiger partial charge in [0.2, 0.25) is 0 Å². The molecule has 2 aromatic carbocycles. The Morgan fingerprint density at radius 1 is 0.762 bits per heavy atom. The van der Waals surface area contributed by atoms with Gasteiger partial charge < -0.3 is 19.1 Å². The maximum Gasteiger partial charge on any atom is 0.168 e. The quantitative estimate of drug-likeness (QED) is 0.843. The second-order valence-electron chi connectivity index (χ2n) is 4.82. The van der Waals surface area contributed by atoms with Gasteiger partial charge >= 0.3 is 0 Å². The van der Waals surface area contributed by atoms with Gasteiger partial charge in [-0.1, -0.05) is 12.1 Å². The third kappa shape index (κ3) is 2.89. The second-order valence-corrected chi connectivity index (χ2v) is 4.82. The number of rotatable bonds is 5. The summed E-state index contributed by atoms with van der Waals surface area (Å²) in [4.78, 5) is 2.04. The van der Waals surface area contributed by atoms with Crippen LogP contribution in [0.1, 0.15) is 0 Å². The molecule has 0 aromatic heterocycles. The van der Waals surface area contributed by atoms with Crippen molar-refractivity contribution in [1.29, 1.82) is 0 Å². The maximum atomic E-state index is 5.54. The lowest BCUT2D eigenvalue weighted by Crippen LogP contribution is -2.08. The Morgan fingerprint density at radius 2 is 1.48 bits per heavy atom. The Balaban J connectivity index is 2.61. The Labute approximate surface area is 125 Å². The first-order valence-electron chi connectivity index (χ1n) is 6.69. The number of hydrogen-bond acceptors (Lipinski definition) is 4. The van der Waals surface area contributed by atoms with E-state index in [0.29, 0.717) is 11.5 Å². The van der Waals surface area contributed by atoms with Gasteiger partial charge in [-0.25, -0.2) is 0 Å².